The molecule has 0 spiro atoms. The minimum atomic E-state index is -0.439. The highest BCUT2D eigenvalue weighted by Crippen LogP contribution is 2.39. The molecule has 164 valence electrons. The lowest BCUT2D eigenvalue weighted by atomic mass is 10.1. The van der Waals surface area contributed by atoms with E-state index in [1.54, 1.807) is 60.7 Å². The molecule has 6 nitrogen and oxygen atoms in total. The Balaban J connectivity index is 1.55. The van der Waals surface area contributed by atoms with E-state index < -0.39 is 11.1 Å². The Morgan fingerprint density at radius 3 is 2.58 bits per heavy atom. The second-order valence-electron chi connectivity index (χ2n) is 6.94. The van der Waals surface area contributed by atoms with E-state index in [2.05, 4.69) is 6.07 Å². The van der Waals surface area contributed by atoms with Crippen molar-refractivity contribution in [1.29, 1.82) is 5.26 Å². The highest BCUT2D eigenvalue weighted by atomic mass is 35.5. The van der Waals surface area contributed by atoms with Crippen molar-refractivity contribution in [3.63, 3.8) is 0 Å². The van der Waals surface area contributed by atoms with E-state index in [0.29, 0.717) is 33.3 Å². The molecule has 1 heterocycles. The Morgan fingerprint density at radius 2 is 1.82 bits per heavy atom. The van der Waals surface area contributed by atoms with Crippen LogP contribution in [0.25, 0.3) is 6.08 Å². The second kappa shape index (κ2) is 9.82. The molecule has 0 aliphatic carbocycles. The minimum absolute atomic E-state index is 0.205. The van der Waals surface area contributed by atoms with E-state index in [4.69, 9.17) is 21.1 Å². The van der Waals surface area contributed by atoms with Gasteiger partial charge in [0.1, 0.15) is 6.61 Å². The number of methoxy groups -OCH3 is 1. The van der Waals surface area contributed by atoms with Crippen molar-refractivity contribution in [2.45, 2.75) is 6.61 Å². The van der Waals surface area contributed by atoms with Crippen LogP contribution in [-0.2, 0) is 11.4 Å². The average Bonchev–Trinajstić information content (AvgIpc) is 3.11. The Hall–Kier alpha value is -3.73. The molecule has 0 unspecified atom stereocenters. The SMILES string of the molecule is COc1cc(/C=C2\SC(=O)N(c3ccccc3Cl)C2=O)ccc1OCc1ccccc1C#N. The van der Waals surface area contributed by atoms with Crippen molar-refractivity contribution < 1.29 is 19.1 Å². The number of anilines is 1. The third-order valence-electron chi connectivity index (χ3n) is 4.89. The maximum Gasteiger partial charge on any atom is 0.298 e. The van der Waals surface area contributed by atoms with Gasteiger partial charge in [-0.1, -0.05) is 48.0 Å². The molecular weight excluding hydrogens is 460 g/mol. The van der Waals surface area contributed by atoms with Crippen LogP contribution in [0.4, 0.5) is 10.5 Å². The lowest BCUT2D eigenvalue weighted by Gasteiger charge is -2.13. The van der Waals surface area contributed by atoms with Gasteiger partial charge in [-0.3, -0.25) is 9.59 Å². The Bertz CT molecular complexity index is 1320. The van der Waals surface area contributed by atoms with Gasteiger partial charge < -0.3 is 9.47 Å². The van der Waals surface area contributed by atoms with E-state index >= 15 is 0 Å². The van der Waals surface area contributed by atoms with Gasteiger partial charge in [-0.05, 0) is 53.7 Å². The number of hydrogen-bond acceptors (Lipinski definition) is 6. The van der Waals surface area contributed by atoms with Crippen LogP contribution in [0.3, 0.4) is 0 Å². The standard InChI is InChI=1S/C25H17ClN2O4S/c1-31-22-12-16(10-11-21(22)32-15-18-7-3-2-6-17(18)14-27)13-23-24(29)28(25(30)33-23)20-9-5-4-8-19(20)26/h2-13H,15H2,1H3/b23-13-. The van der Waals surface area contributed by atoms with E-state index in [0.717, 1.165) is 22.2 Å². The first kappa shape index (κ1) is 22.5. The monoisotopic (exact) mass is 476 g/mol. The number of nitriles is 1. The summed E-state index contributed by atoms with van der Waals surface area (Å²) in [6, 6.07) is 21.2. The first-order chi connectivity index (χ1) is 16.0. The van der Waals surface area contributed by atoms with E-state index in [9.17, 15) is 14.9 Å². The predicted molar refractivity (Wildman–Crippen MR) is 128 cm³/mol. The molecule has 33 heavy (non-hydrogen) atoms. The average molecular weight is 477 g/mol. The van der Waals surface area contributed by atoms with Crippen LogP contribution in [0.15, 0.2) is 71.6 Å². The Labute approximate surface area is 200 Å². The van der Waals surface area contributed by atoms with Gasteiger partial charge in [-0.2, -0.15) is 5.26 Å². The van der Waals surface area contributed by atoms with Crippen LogP contribution in [0.5, 0.6) is 11.5 Å². The maximum atomic E-state index is 12.9. The summed E-state index contributed by atoms with van der Waals surface area (Å²) in [4.78, 5) is 26.7. The molecule has 1 aliphatic rings. The molecule has 1 saturated heterocycles. The van der Waals surface area contributed by atoms with Crippen LogP contribution < -0.4 is 14.4 Å². The summed E-state index contributed by atoms with van der Waals surface area (Å²) < 4.78 is 11.3. The lowest BCUT2D eigenvalue weighted by Crippen LogP contribution is -2.27. The number of hydrogen-bond donors (Lipinski definition) is 0. The van der Waals surface area contributed by atoms with Crippen molar-refractivity contribution in [2.75, 3.05) is 12.0 Å². The number of ether oxygens (including phenoxy) is 2. The van der Waals surface area contributed by atoms with Crippen molar-refractivity contribution in [1.82, 2.24) is 0 Å². The number of nitrogens with zero attached hydrogens (tertiary/aromatic N) is 2. The number of benzene rings is 3. The van der Waals surface area contributed by atoms with Gasteiger partial charge in [0.2, 0.25) is 0 Å². The van der Waals surface area contributed by atoms with Crippen LogP contribution >= 0.6 is 23.4 Å². The van der Waals surface area contributed by atoms with Gasteiger partial charge in [0.25, 0.3) is 11.1 Å². The molecule has 0 aromatic heterocycles. The largest absolute Gasteiger partial charge is 0.493 e. The molecule has 2 amide bonds. The van der Waals surface area contributed by atoms with Gasteiger partial charge in [-0.15, -0.1) is 0 Å². The van der Waals surface area contributed by atoms with Crippen LogP contribution in [0.1, 0.15) is 16.7 Å². The molecule has 1 aliphatic heterocycles. The predicted octanol–water partition coefficient (Wildman–Crippen LogP) is 6.04. The summed E-state index contributed by atoms with van der Waals surface area (Å²) in [6.45, 7) is 0.205. The first-order valence-corrected chi connectivity index (χ1v) is 11.0. The first-order valence-electron chi connectivity index (χ1n) is 9.83. The fourth-order valence-corrected chi connectivity index (χ4v) is 4.32. The molecule has 3 aromatic carbocycles. The topological polar surface area (TPSA) is 79.6 Å². The fraction of sp³-hybridized carbons (Fsp3) is 0.0800. The van der Waals surface area contributed by atoms with E-state index in [1.807, 2.05) is 12.1 Å². The maximum absolute atomic E-state index is 12.9. The molecule has 0 N–H and O–H groups in total. The van der Waals surface area contributed by atoms with Crippen molar-refractivity contribution in [3.8, 4) is 17.6 Å². The van der Waals surface area contributed by atoms with Crippen molar-refractivity contribution in [2.24, 2.45) is 0 Å². The Morgan fingerprint density at radius 1 is 1.06 bits per heavy atom. The fourth-order valence-electron chi connectivity index (χ4n) is 3.26. The van der Waals surface area contributed by atoms with E-state index in [1.165, 1.54) is 7.11 Å². The number of imide groups is 1. The van der Waals surface area contributed by atoms with Crippen LogP contribution in [0, 0.1) is 11.3 Å². The number of carbonyl (C=O) groups is 2. The molecule has 4 rings (SSSR count). The zero-order valence-corrected chi connectivity index (χ0v) is 19.0. The number of amides is 2. The van der Waals surface area contributed by atoms with Crippen molar-refractivity contribution >= 4 is 46.3 Å². The van der Waals surface area contributed by atoms with Gasteiger partial charge >= 0.3 is 0 Å². The number of rotatable bonds is 6. The second-order valence-corrected chi connectivity index (χ2v) is 8.34. The zero-order chi connectivity index (χ0) is 23.4. The van der Waals surface area contributed by atoms with E-state index in [-0.39, 0.29) is 11.5 Å². The summed E-state index contributed by atoms with van der Waals surface area (Å²) in [7, 11) is 1.51. The molecule has 0 atom stereocenters. The third-order valence-corrected chi connectivity index (χ3v) is 6.08. The van der Waals surface area contributed by atoms with Gasteiger partial charge in [0.05, 0.1) is 34.4 Å². The zero-order valence-electron chi connectivity index (χ0n) is 17.4. The number of carbonyl (C=O) groups excluding carboxylic acids is 2. The summed E-state index contributed by atoms with van der Waals surface area (Å²) in [5, 5.41) is 9.14. The summed E-state index contributed by atoms with van der Waals surface area (Å²) in [6.07, 6.45) is 1.62. The molecular formula is C25H17ClN2O4S. The molecule has 0 saturated carbocycles. The minimum Gasteiger partial charge on any atom is -0.493 e. The summed E-state index contributed by atoms with van der Waals surface area (Å²) in [5.74, 6) is 0.514. The molecule has 3 aromatic rings. The Kier molecular flexibility index (Phi) is 6.68. The molecule has 8 heteroatoms. The van der Waals surface area contributed by atoms with Crippen LogP contribution in [-0.4, -0.2) is 18.3 Å². The molecule has 0 bridgehead atoms. The normalized spacial score (nSPS) is 14.5. The lowest BCUT2D eigenvalue weighted by molar-refractivity contribution is -0.113. The molecule has 1 fully saturated rings. The summed E-state index contributed by atoms with van der Waals surface area (Å²) >= 11 is 7.02. The number of halogens is 1. The smallest absolute Gasteiger partial charge is 0.298 e. The highest BCUT2D eigenvalue weighted by Gasteiger charge is 2.37. The number of para-hydroxylation sites is 1. The van der Waals surface area contributed by atoms with Crippen LogP contribution in [0.2, 0.25) is 5.02 Å². The number of thioether (sulfide) groups is 1. The third kappa shape index (κ3) is 4.72. The van der Waals surface area contributed by atoms with Gasteiger partial charge in [0.15, 0.2) is 11.5 Å². The van der Waals surface area contributed by atoms with Crippen molar-refractivity contribution in [3.05, 3.63) is 93.3 Å². The quantitative estimate of drug-likeness (QED) is 0.403. The summed E-state index contributed by atoms with van der Waals surface area (Å²) in [5.41, 5.74) is 2.33. The van der Waals surface area contributed by atoms with Gasteiger partial charge in [0, 0.05) is 5.56 Å². The highest BCUT2D eigenvalue weighted by molar-refractivity contribution is 8.19. The molecule has 0 radical (unpaired) electrons. The van der Waals surface area contributed by atoms with Gasteiger partial charge in [-0.25, -0.2) is 4.90 Å².